The van der Waals surface area contributed by atoms with Crippen LogP contribution < -0.4 is 9.47 Å². The van der Waals surface area contributed by atoms with Gasteiger partial charge in [-0.1, -0.05) is 115 Å². The monoisotopic (exact) mass is 702 g/mol. The highest BCUT2D eigenvalue weighted by molar-refractivity contribution is 6.33. The topological polar surface area (TPSA) is 89.5 Å². The molecule has 49 heavy (non-hydrogen) atoms. The molecule has 4 atom stereocenters. The van der Waals surface area contributed by atoms with Crippen LogP contribution in [0.15, 0.2) is 54.6 Å². The maximum absolute atomic E-state index is 12.4. The minimum absolute atomic E-state index is 0.0297. The van der Waals surface area contributed by atoms with Crippen molar-refractivity contribution in [3.8, 4) is 11.5 Å². The quantitative estimate of drug-likeness (QED) is 0.0707. The summed E-state index contributed by atoms with van der Waals surface area (Å²) in [6.45, 7) is 20.9. The molecule has 0 aliphatic carbocycles. The van der Waals surface area contributed by atoms with Gasteiger partial charge >= 0.3 is 11.9 Å². The fourth-order valence-corrected chi connectivity index (χ4v) is 5.43. The number of unbranched alkanes of at least 4 members (excludes halogenated alkanes) is 2. The van der Waals surface area contributed by atoms with E-state index in [0.717, 1.165) is 62.1 Å². The predicted octanol–water partition coefficient (Wildman–Crippen LogP) is 9.69. The van der Waals surface area contributed by atoms with Crippen molar-refractivity contribution in [3.63, 3.8) is 0 Å². The average Bonchev–Trinajstić information content (AvgIpc) is 3.08. The number of halogens is 1. The van der Waals surface area contributed by atoms with E-state index in [1.807, 2.05) is 24.3 Å². The van der Waals surface area contributed by atoms with Crippen molar-refractivity contribution in [1.29, 1.82) is 0 Å². The Morgan fingerprint density at radius 2 is 1.16 bits per heavy atom. The van der Waals surface area contributed by atoms with Crippen LogP contribution >= 0.6 is 11.6 Å². The number of carbonyl (C=O) groups is 2. The molecule has 0 amide bonds. The van der Waals surface area contributed by atoms with Crippen LogP contribution in [0.3, 0.4) is 0 Å². The Kier molecular flexibility index (Phi) is 20.1. The first-order valence-corrected chi connectivity index (χ1v) is 18.3. The Balaban J connectivity index is 2.20. The fourth-order valence-electron chi connectivity index (χ4n) is 5.17. The SMILES string of the molecule is C=C(C)C(=O)OC(COCC(CC)CCCC)COc1cc(Cl)c(OCC(COCC(CC)CCCC)OC(=O)C(=C)C)c2ccccc12. The minimum atomic E-state index is -0.670. The third-order valence-electron chi connectivity index (χ3n) is 8.40. The van der Waals surface area contributed by atoms with E-state index in [9.17, 15) is 9.59 Å². The number of carbonyl (C=O) groups excluding carboxylic acids is 2. The Morgan fingerprint density at radius 1 is 0.694 bits per heavy atom. The first-order chi connectivity index (χ1) is 23.5. The molecule has 0 saturated carbocycles. The molecule has 0 bridgehead atoms. The molecule has 0 aliphatic rings. The number of ether oxygens (including phenoxy) is 6. The van der Waals surface area contributed by atoms with Gasteiger partial charge in [-0.2, -0.15) is 0 Å². The minimum Gasteiger partial charge on any atom is -0.489 e. The molecule has 4 unspecified atom stereocenters. The van der Waals surface area contributed by atoms with Gasteiger partial charge in [0.25, 0.3) is 0 Å². The summed E-state index contributed by atoms with van der Waals surface area (Å²) in [6, 6.07) is 9.25. The number of hydrogen-bond acceptors (Lipinski definition) is 8. The molecule has 0 aromatic heterocycles. The number of esters is 2. The molecule has 9 heteroatoms. The molecule has 0 radical (unpaired) electrons. The number of fused-ring (bicyclic) bond motifs is 1. The van der Waals surface area contributed by atoms with Crippen molar-refractivity contribution in [3.05, 3.63) is 59.7 Å². The van der Waals surface area contributed by atoms with Crippen molar-refractivity contribution in [2.45, 2.75) is 105 Å². The van der Waals surface area contributed by atoms with Gasteiger partial charge in [-0.25, -0.2) is 9.59 Å². The van der Waals surface area contributed by atoms with Crippen LogP contribution in [0.5, 0.6) is 11.5 Å². The van der Waals surface area contributed by atoms with Gasteiger partial charge in [0.1, 0.15) is 24.7 Å². The van der Waals surface area contributed by atoms with Gasteiger partial charge in [-0.3, -0.25) is 0 Å². The van der Waals surface area contributed by atoms with Crippen LogP contribution in [-0.4, -0.2) is 63.8 Å². The zero-order valence-corrected chi connectivity index (χ0v) is 31.4. The molecule has 2 aromatic rings. The summed E-state index contributed by atoms with van der Waals surface area (Å²) < 4.78 is 35.9. The lowest BCUT2D eigenvalue weighted by atomic mass is 10.0. The van der Waals surface area contributed by atoms with E-state index in [2.05, 4.69) is 40.9 Å². The lowest BCUT2D eigenvalue weighted by Crippen LogP contribution is -2.31. The summed E-state index contributed by atoms with van der Waals surface area (Å²) in [5.41, 5.74) is 0.595. The highest BCUT2D eigenvalue weighted by Gasteiger charge is 2.22. The summed E-state index contributed by atoms with van der Waals surface area (Å²) in [4.78, 5) is 24.9. The van der Waals surface area contributed by atoms with Crippen LogP contribution in [0.25, 0.3) is 10.8 Å². The Morgan fingerprint density at radius 3 is 1.61 bits per heavy atom. The van der Waals surface area contributed by atoms with Crippen LogP contribution in [0.2, 0.25) is 5.02 Å². The molecule has 2 rings (SSSR count). The molecule has 0 heterocycles. The van der Waals surface area contributed by atoms with Crippen LogP contribution in [0.4, 0.5) is 0 Å². The molecule has 0 saturated heterocycles. The predicted molar refractivity (Wildman–Crippen MR) is 198 cm³/mol. The van der Waals surface area contributed by atoms with Crippen molar-refractivity contribution in [2.75, 3.05) is 39.6 Å². The van der Waals surface area contributed by atoms with E-state index in [1.165, 1.54) is 0 Å². The highest BCUT2D eigenvalue weighted by Crippen LogP contribution is 2.40. The van der Waals surface area contributed by atoms with Crippen molar-refractivity contribution in [2.24, 2.45) is 11.8 Å². The van der Waals surface area contributed by atoms with Crippen molar-refractivity contribution in [1.82, 2.24) is 0 Å². The molecule has 2 aromatic carbocycles. The largest absolute Gasteiger partial charge is 0.489 e. The number of rotatable bonds is 26. The van der Waals surface area contributed by atoms with Gasteiger partial charge in [0, 0.05) is 41.2 Å². The van der Waals surface area contributed by atoms with E-state index in [-0.39, 0.29) is 26.4 Å². The fraction of sp³-hybridized carbons (Fsp3) is 0.600. The third-order valence-corrected chi connectivity index (χ3v) is 8.68. The summed E-state index contributed by atoms with van der Waals surface area (Å²) >= 11 is 6.80. The Labute approximate surface area is 299 Å². The standard InChI is InChI=1S/C40H59ClO8/c1-9-13-17-30(11-3)22-44-24-32(48-39(42)28(5)6)26-46-37-21-36(41)38(35-20-16-15-19-34(35)37)47-27-33(49-40(43)29(7)8)25-45-23-31(12-4)18-14-10-2/h15-16,19-21,30-33H,5,7,9-14,17-18,22-27H2,1-4,6,8H3. The maximum atomic E-state index is 12.4. The Bertz CT molecular complexity index is 1320. The van der Waals surface area contributed by atoms with Crippen LogP contribution in [0.1, 0.15) is 92.9 Å². The molecular weight excluding hydrogens is 644 g/mol. The van der Waals surface area contributed by atoms with E-state index < -0.39 is 24.1 Å². The van der Waals surface area contributed by atoms with E-state index in [4.69, 9.17) is 40.0 Å². The van der Waals surface area contributed by atoms with Gasteiger partial charge < -0.3 is 28.4 Å². The van der Waals surface area contributed by atoms with Crippen molar-refractivity contribution >= 4 is 34.3 Å². The second-order valence-corrected chi connectivity index (χ2v) is 13.3. The van der Waals surface area contributed by atoms with Crippen LogP contribution in [-0.2, 0) is 28.5 Å². The Hall–Kier alpha value is -3.07. The highest BCUT2D eigenvalue weighted by atomic mass is 35.5. The van der Waals surface area contributed by atoms with Gasteiger partial charge in [0.2, 0.25) is 0 Å². The average molecular weight is 703 g/mol. The summed E-state index contributed by atoms with van der Waals surface area (Å²) in [5.74, 6) is 0.819. The smallest absolute Gasteiger partial charge is 0.333 e. The molecule has 8 nitrogen and oxygen atoms in total. The molecule has 0 fully saturated rings. The van der Waals surface area contributed by atoms with Crippen LogP contribution in [0, 0.1) is 11.8 Å². The summed E-state index contributed by atoms with van der Waals surface area (Å²) in [5, 5.41) is 1.79. The molecule has 274 valence electrons. The first-order valence-electron chi connectivity index (χ1n) is 17.9. The number of hydrogen-bond donors (Lipinski definition) is 0. The molecular formula is C40H59ClO8. The van der Waals surface area contributed by atoms with Gasteiger partial charge in [-0.05, 0) is 38.5 Å². The van der Waals surface area contributed by atoms with Gasteiger partial charge in [0.05, 0.1) is 18.2 Å². The molecule has 0 aliphatic heterocycles. The normalized spacial score (nSPS) is 13.7. The van der Waals surface area contributed by atoms with E-state index in [0.29, 0.717) is 52.7 Å². The van der Waals surface area contributed by atoms with Gasteiger partial charge in [-0.15, -0.1) is 0 Å². The second-order valence-electron chi connectivity index (χ2n) is 12.9. The molecule has 0 N–H and O–H groups in total. The lowest BCUT2D eigenvalue weighted by molar-refractivity contribution is -0.150. The maximum Gasteiger partial charge on any atom is 0.333 e. The van der Waals surface area contributed by atoms with E-state index in [1.54, 1.807) is 19.9 Å². The first kappa shape index (κ1) is 42.1. The zero-order chi connectivity index (χ0) is 36.2. The molecule has 0 spiro atoms. The zero-order valence-electron chi connectivity index (χ0n) is 30.7. The second kappa shape index (κ2) is 23.4. The van der Waals surface area contributed by atoms with E-state index >= 15 is 0 Å². The van der Waals surface area contributed by atoms with Gasteiger partial charge in [0.15, 0.2) is 12.2 Å². The van der Waals surface area contributed by atoms with Crippen molar-refractivity contribution < 1.29 is 38.0 Å². The number of benzene rings is 2. The summed E-state index contributed by atoms with van der Waals surface area (Å²) in [6.07, 6.45) is 7.49. The third kappa shape index (κ3) is 15.2. The summed E-state index contributed by atoms with van der Waals surface area (Å²) in [7, 11) is 0. The lowest BCUT2D eigenvalue weighted by Gasteiger charge is -2.23.